The van der Waals surface area contributed by atoms with Crippen LogP contribution in [-0.4, -0.2) is 25.3 Å². The summed E-state index contributed by atoms with van der Waals surface area (Å²) in [5.41, 5.74) is 2.90. The molecule has 4 rings (SSSR count). The summed E-state index contributed by atoms with van der Waals surface area (Å²) in [5.74, 6) is 1.08. The van der Waals surface area contributed by atoms with Crippen LogP contribution in [-0.2, 0) is 4.79 Å². The summed E-state index contributed by atoms with van der Waals surface area (Å²) in [5, 5.41) is 14.3. The number of benzene rings is 3. The molecule has 7 heteroatoms. The largest absolute Gasteiger partial charge is 0.497 e. The number of anilines is 2. The van der Waals surface area contributed by atoms with Gasteiger partial charge >= 0.3 is 0 Å². The fourth-order valence-corrected chi connectivity index (χ4v) is 4.57. The average molecular weight is 490 g/mol. The number of hydrogen-bond acceptors (Lipinski definition) is 5. The maximum Gasteiger partial charge on any atom is 0.223 e. The molecule has 0 spiro atoms. The standard InChI is InChI=1S/C29H32FN3O3/c1-19(32-29(34)20-6-3-4-7-20)28(21-8-5-9-25(16-21)35-2)36-26-14-15-27(22(17-26)18-31)33-24-12-10-23(30)11-13-24/h5,8-20,28,31,33H,3-4,6-7H2,1-2H3,(H,32,34)/t19?,28-/m0/s1. The van der Waals surface area contributed by atoms with Crippen molar-refractivity contribution in [2.45, 2.75) is 44.8 Å². The Hall–Kier alpha value is -3.87. The van der Waals surface area contributed by atoms with Crippen LogP contribution < -0.4 is 20.1 Å². The Morgan fingerprint density at radius 2 is 1.81 bits per heavy atom. The number of rotatable bonds is 10. The maximum atomic E-state index is 13.3. The van der Waals surface area contributed by atoms with E-state index in [1.807, 2.05) is 43.3 Å². The zero-order valence-electron chi connectivity index (χ0n) is 20.6. The number of carbonyl (C=O) groups is 1. The van der Waals surface area contributed by atoms with E-state index in [2.05, 4.69) is 10.6 Å². The van der Waals surface area contributed by atoms with E-state index < -0.39 is 6.10 Å². The van der Waals surface area contributed by atoms with Gasteiger partial charge in [0.05, 0.1) is 13.2 Å². The van der Waals surface area contributed by atoms with Gasteiger partial charge in [0.2, 0.25) is 5.91 Å². The smallest absolute Gasteiger partial charge is 0.223 e. The molecule has 3 aromatic rings. The highest BCUT2D eigenvalue weighted by molar-refractivity contribution is 5.88. The third-order valence-corrected chi connectivity index (χ3v) is 6.54. The quantitative estimate of drug-likeness (QED) is 0.288. The summed E-state index contributed by atoms with van der Waals surface area (Å²) in [4.78, 5) is 12.9. The molecule has 3 N–H and O–H groups in total. The topological polar surface area (TPSA) is 83.4 Å². The number of halogens is 1. The van der Waals surface area contributed by atoms with Gasteiger partial charge in [-0.15, -0.1) is 0 Å². The first-order valence-corrected chi connectivity index (χ1v) is 12.2. The van der Waals surface area contributed by atoms with E-state index in [0.717, 1.165) is 31.2 Å². The van der Waals surface area contributed by atoms with Gasteiger partial charge in [-0.1, -0.05) is 25.0 Å². The number of amides is 1. The van der Waals surface area contributed by atoms with Gasteiger partial charge in [-0.25, -0.2) is 4.39 Å². The van der Waals surface area contributed by atoms with Gasteiger partial charge in [0.25, 0.3) is 0 Å². The Morgan fingerprint density at radius 3 is 2.50 bits per heavy atom. The van der Waals surface area contributed by atoms with Crippen LogP contribution >= 0.6 is 0 Å². The van der Waals surface area contributed by atoms with Gasteiger partial charge in [0.15, 0.2) is 0 Å². The normalized spacial score (nSPS) is 15.1. The van der Waals surface area contributed by atoms with Crippen molar-refractivity contribution in [1.29, 1.82) is 5.41 Å². The second-order valence-corrected chi connectivity index (χ2v) is 9.12. The van der Waals surface area contributed by atoms with E-state index in [0.29, 0.717) is 28.4 Å². The molecule has 188 valence electrons. The molecule has 1 amide bonds. The molecule has 0 aliphatic heterocycles. The summed E-state index contributed by atoms with van der Waals surface area (Å²) < 4.78 is 25.1. The SMILES string of the molecule is COc1cccc([C@@H](Oc2ccc(Nc3ccc(F)cc3)c(C=N)c2)C(C)NC(=O)C2CCCC2)c1. The Labute approximate surface area is 211 Å². The number of ether oxygens (including phenoxy) is 2. The van der Waals surface area contributed by atoms with Gasteiger partial charge in [-0.3, -0.25) is 4.79 Å². The molecule has 36 heavy (non-hydrogen) atoms. The van der Waals surface area contributed by atoms with E-state index in [9.17, 15) is 9.18 Å². The monoisotopic (exact) mass is 489 g/mol. The van der Waals surface area contributed by atoms with Gasteiger partial charge in [0.1, 0.15) is 23.4 Å². The van der Waals surface area contributed by atoms with Gasteiger partial charge < -0.3 is 25.5 Å². The first-order valence-electron chi connectivity index (χ1n) is 12.2. The lowest BCUT2D eigenvalue weighted by molar-refractivity contribution is -0.126. The predicted octanol–water partition coefficient (Wildman–Crippen LogP) is 6.39. The van der Waals surface area contributed by atoms with E-state index in [1.54, 1.807) is 25.3 Å². The Bertz CT molecular complexity index is 1190. The Kier molecular flexibility index (Phi) is 8.21. The van der Waals surface area contributed by atoms with Crippen LogP contribution in [0.5, 0.6) is 11.5 Å². The van der Waals surface area contributed by atoms with Crippen molar-refractivity contribution in [3.63, 3.8) is 0 Å². The van der Waals surface area contributed by atoms with Gasteiger partial charge in [-0.05, 0) is 79.9 Å². The third-order valence-electron chi connectivity index (χ3n) is 6.54. The zero-order valence-corrected chi connectivity index (χ0v) is 20.6. The highest BCUT2D eigenvalue weighted by atomic mass is 19.1. The molecule has 0 heterocycles. The molecule has 1 aliphatic carbocycles. The molecule has 0 saturated heterocycles. The van der Waals surface area contributed by atoms with Crippen LogP contribution in [0.15, 0.2) is 66.7 Å². The van der Waals surface area contributed by atoms with Crippen LogP contribution in [0.25, 0.3) is 0 Å². The lowest BCUT2D eigenvalue weighted by Gasteiger charge is -2.28. The first kappa shape index (κ1) is 25.2. The molecule has 0 radical (unpaired) electrons. The highest BCUT2D eigenvalue weighted by Gasteiger charge is 2.28. The lowest BCUT2D eigenvalue weighted by Crippen LogP contribution is -2.41. The molecule has 2 atom stereocenters. The van der Waals surface area contributed by atoms with Gasteiger partial charge in [-0.2, -0.15) is 0 Å². The number of carbonyl (C=O) groups excluding carboxylic acids is 1. The molecule has 0 bridgehead atoms. The summed E-state index contributed by atoms with van der Waals surface area (Å²) in [6, 6.07) is 18.8. The molecule has 3 aromatic carbocycles. The van der Waals surface area contributed by atoms with E-state index in [1.165, 1.54) is 18.3 Å². The first-order chi connectivity index (χ1) is 17.5. The van der Waals surface area contributed by atoms with Gasteiger partial charge in [0, 0.05) is 29.1 Å². The second-order valence-electron chi connectivity index (χ2n) is 9.12. The number of methoxy groups -OCH3 is 1. The molecule has 1 saturated carbocycles. The van der Waals surface area contributed by atoms with E-state index in [4.69, 9.17) is 14.9 Å². The van der Waals surface area contributed by atoms with Crippen molar-refractivity contribution in [1.82, 2.24) is 5.32 Å². The second kappa shape index (κ2) is 11.7. The Morgan fingerprint density at radius 1 is 1.06 bits per heavy atom. The van der Waals surface area contributed by atoms with Crippen LogP contribution in [0.2, 0.25) is 0 Å². The van der Waals surface area contributed by atoms with Crippen molar-refractivity contribution in [3.05, 3.63) is 83.7 Å². The zero-order chi connectivity index (χ0) is 25.5. The molecular weight excluding hydrogens is 457 g/mol. The Balaban J connectivity index is 1.57. The summed E-state index contributed by atoms with van der Waals surface area (Å²) in [6.07, 6.45) is 4.80. The fraction of sp³-hybridized carbons (Fsp3) is 0.310. The van der Waals surface area contributed by atoms with Crippen molar-refractivity contribution in [2.75, 3.05) is 12.4 Å². The third kappa shape index (κ3) is 6.22. The molecule has 1 unspecified atom stereocenters. The van der Waals surface area contributed by atoms with E-state index in [-0.39, 0.29) is 23.7 Å². The molecule has 1 fully saturated rings. The molecular formula is C29H32FN3O3. The summed E-state index contributed by atoms with van der Waals surface area (Å²) >= 11 is 0. The minimum Gasteiger partial charge on any atom is -0.497 e. The molecule has 6 nitrogen and oxygen atoms in total. The lowest BCUT2D eigenvalue weighted by atomic mass is 10.0. The predicted molar refractivity (Wildman–Crippen MR) is 140 cm³/mol. The fourth-order valence-electron chi connectivity index (χ4n) is 4.57. The molecule has 0 aromatic heterocycles. The van der Waals surface area contributed by atoms with Crippen molar-refractivity contribution in [2.24, 2.45) is 5.92 Å². The minimum absolute atomic E-state index is 0.0553. The number of hydrogen-bond donors (Lipinski definition) is 3. The van der Waals surface area contributed by atoms with Crippen LogP contribution in [0.1, 0.15) is 49.8 Å². The van der Waals surface area contributed by atoms with Crippen LogP contribution in [0, 0.1) is 17.1 Å². The van der Waals surface area contributed by atoms with Crippen LogP contribution in [0.4, 0.5) is 15.8 Å². The summed E-state index contributed by atoms with van der Waals surface area (Å²) in [6.45, 7) is 1.94. The van der Waals surface area contributed by atoms with Crippen molar-refractivity contribution >= 4 is 23.5 Å². The van der Waals surface area contributed by atoms with Crippen LogP contribution in [0.3, 0.4) is 0 Å². The minimum atomic E-state index is -0.472. The number of nitrogens with one attached hydrogen (secondary N) is 3. The summed E-state index contributed by atoms with van der Waals surface area (Å²) in [7, 11) is 1.61. The van der Waals surface area contributed by atoms with Crippen molar-refractivity contribution in [3.8, 4) is 11.5 Å². The average Bonchev–Trinajstić information content (AvgIpc) is 3.44. The van der Waals surface area contributed by atoms with Crippen molar-refractivity contribution < 1.29 is 18.7 Å². The maximum absolute atomic E-state index is 13.3. The highest BCUT2D eigenvalue weighted by Crippen LogP contribution is 2.31. The van der Waals surface area contributed by atoms with E-state index >= 15 is 0 Å². The molecule has 1 aliphatic rings.